The second kappa shape index (κ2) is 7.50. The molecule has 130 valence electrons. The van der Waals surface area contributed by atoms with Gasteiger partial charge in [-0.2, -0.15) is 13.1 Å². The van der Waals surface area contributed by atoms with Gasteiger partial charge in [-0.1, -0.05) is 13.3 Å². The number of piperazine rings is 1. The van der Waals surface area contributed by atoms with Crippen LogP contribution in [0.3, 0.4) is 0 Å². The van der Waals surface area contributed by atoms with Crippen molar-refractivity contribution in [1.82, 2.24) is 9.62 Å². The minimum Gasteiger partial charge on any atom is -0.432 e. The van der Waals surface area contributed by atoms with E-state index in [0.29, 0.717) is 19.5 Å². The third-order valence-corrected chi connectivity index (χ3v) is 5.59. The maximum Gasteiger partial charge on any atom is 0.387 e. The van der Waals surface area contributed by atoms with Crippen molar-refractivity contribution in [2.24, 2.45) is 0 Å². The number of hydrogen-bond acceptors (Lipinski definition) is 4. The zero-order valence-electron chi connectivity index (χ0n) is 12.6. The molecule has 1 aromatic carbocycles. The van der Waals surface area contributed by atoms with Crippen LogP contribution < -0.4 is 10.1 Å². The van der Waals surface area contributed by atoms with Crippen LogP contribution >= 0.6 is 0 Å². The van der Waals surface area contributed by atoms with Crippen LogP contribution in [0.4, 0.5) is 13.2 Å². The van der Waals surface area contributed by atoms with Gasteiger partial charge in [-0.05, 0) is 24.6 Å². The lowest BCUT2D eigenvalue weighted by Crippen LogP contribution is -2.53. The number of alkyl halides is 2. The molecule has 9 heteroatoms. The van der Waals surface area contributed by atoms with Gasteiger partial charge in [-0.25, -0.2) is 12.8 Å². The van der Waals surface area contributed by atoms with Gasteiger partial charge in [0.05, 0.1) is 4.90 Å². The van der Waals surface area contributed by atoms with Crippen molar-refractivity contribution in [3.63, 3.8) is 0 Å². The lowest BCUT2D eigenvalue weighted by atomic mass is 10.1. The molecule has 1 aliphatic heterocycles. The number of hydrogen-bond donors (Lipinski definition) is 1. The van der Waals surface area contributed by atoms with E-state index in [-0.39, 0.29) is 17.5 Å². The van der Waals surface area contributed by atoms with E-state index < -0.39 is 28.2 Å². The predicted molar refractivity (Wildman–Crippen MR) is 78.5 cm³/mol. The van der Waals surface area contributed by atoms with Crippen molar-refractivity contribution in [2.45, 2.75) is 37.3 Å². The highest BCUT2D eigenvalue weighted by Gasteiger charge is 2.33. The molecule has 0 aromatic heterocycles. The second-order valence-electron chi connectivity index (χ2n) is 5.23. The van der Waals surface area contributed by atoms with E-state index in [9.17, 15) is 21.6 Å². The summed E-state index contributed by atoms with van der Waals surface area (Å²) >= 11 is 0. The van der Waals surface area contributed by atoms with E-state index in [4.69, 9.17) is 0 Å². The van der Waals surface area contributed by atoms with Crippen LogP contribution in [0.15, 0.2) is 23.1 Å². The molecule has 0 radical (unpaired) electrons. The molecule has 1 atom stereocenters. The number of nitrogens with one attached hydrogen (secondary N) is 1. The fourth-order valence-corrected chi connectivity index (χ4v) is 4.27. The molecule has 23 heavy (non-hydrogen) atoms. The van der Waals surface area contributed by atoms with Crippen LogP contribution in [0.5, 0.6) is 5.75 Å². The van der Waals surface area contributed by atoms with Gasteiger partial charge in [0.25, 0.3) is 0 Å². The highest BCUT2D eigenvalue weighted by Crippen LogP contribution is 2.26. The largest absolute Gasteiger partial charge is 0.432 e. The molecule has 0 unspecified atom stereocenters. The van der Waals surface area contributed by atoms with Crippen LogP contribution in [-0.4, -0.2) is 45.0 Å². The standard InChI is InChI=1S/C14H19F3N2O3S/c1-2-3-10-9-18-6-7-19(10)23(20,21)11-4-5-13(12(15)8-11)22-14(16)17/h4-5,8,10,14,18H,2-3,6-7,9H2,1H3/t10-/m1/s1. The van der Waals surface area contributed by atoms with Crippen LogP contribution in [-0.2, 0) is 10.0 Å². The van der Waals surface area contributed by atoms with Crippen LogP contribution in [0, 0.1) is 5.82 Å². The minimum atomic E-state index is -3.89. The van der Waals surface area contributed by atoms with Crippen molar-refractivity contribution in [3.8, 4) is 5.75 Å². The average Bonchev–Trinajstić information content (AvgIpc) is 2.49. The van der Waals surface area contributed by atoms with E-state index >= 15 is 0 Å². The number of benzene rings is 1. The summed E-state index contributed by atoms with van der Waals surface area (Å²) < 4.78 is 68.8. The molecule has 0 spiro atoms. The maximum absolute atomic E-state index is 13.8. The second-order valence-corrected chi connectivity index (χ2v) is 7.12. The molecule has 1 saturated heterocycles. The molecule has 1 heterocycles. The van der Waals surface area contributed by atoms with Gasteiger partial charge < -0.3 is 10.1 Å². The Kier molecular flexibility index (Phi) is 5.88. The van der Waals surface area contributed by atoms with Gasteiger partial charge in [-0.3, -0.25) is 0 Å². The first kappa shape index (κ1) is 18.0. The molecule has 1 fully saturated rings. The van der Waals surface area contributed by atoms with Crippen LogP contribution in [0.2, 0.25) is 0 Å². The molecular weight excluding hydrogens is 333 g/mol. The molecule has 0 amide bonds. The molecule has 0 bridgehead atoms. The Morgan fingerprint density at radius 1 is 1.43 bits per heavy atom. The Bertz CT molecular complexity index is 638. The fraction of sp³-hybridized carbons (Fsp3) is 0.571. The normalized spacial score (nSPS) is 20.0. The van der Waals surface area contributed by atoms with E-state index in [0.717, 1.165) is 24.6 Å². The molecule has 2 rings (SSSR count). The number of nitrogens with zero attached hydrogens (tertiary/aromatic N) is 1. The Labute approximate surface area is 133 Å². The van der Waals surface area contributed by atoms with Gasteiger partial charge in [-0.15, -0.1) is 0 Å². The lowest BCUT2D eigenvalue weighted by Gasteiger charge is -2.35. The molecule has 0 saturated carbocycles. The van der Waals surface area contributed by atoms with Crippen molar-refractivity contribution >= 4 is 10.0 Å². The molecular formula is C14H19F3N2O3S. The van der Waals surface area contributed by atoms with Crippen LogP contribution in [0.25, 0.3) is 0 Å². The molecule has 5 nitrogen and oxygen atoms in total. The minimum absolute atomic E-state index is 0.209. The number of ether oxygens (including phenoxy) is 1. The molecule has 1 aromatic rings. The summed E-state index contributed by atoms with van der Waals surface area (Å²) in [5.41, 5.74) is 0. The third kappa shape index (κ3) is 4.15. The number of halogens is 3. The number of sulfonamides is 1. The predicted octanol–water partition coefficient (Wildman–Crippen LogP) is 2.19. The molecule has 1 aliphatic rings. The van der Waals surface area contributed by atoms with Gasteiger partial charge in [0.1, 0.15) is 0 Å². The summed E-state index contributed by atoms with van der Waals surface area (Å²) in [7, 11) is -3.89. The quantitative estimate of drug-likeness (QED) is 0.853. The van der Waals surface area contributed by atoms with Gasteiger partial charge in [0, 0.05) is 25.7 Å². The summed E-state index contributed by atoms with van der Waals surface area (Å²) in [5.74, 6) is -1.81. The Hall–Kier alpha value is -1.32. The lowest BCUT2D eigenvalue weighted by molar-refractivity contribution is -0.0522. The van der Waals surface area contributed by atoms with E-state index in [1.807, 2.05) is 6.92 Å². The summed E-state index contributed by atoms with van der Waals surface area (Å²) in [6.45, 7) is 0.102. The van der Waals surface area contributed by atoms with E-state index in [1.165, 1.54) is 4.31 Å². The molecule has 1 N–H and O–H groups in total. The Morgan fingerprint density at radius 2 is 2.17 bits per heavy atom. The van der Waals surface area contributed by atoms with E-state index in [1.54, 1.807) is 0 Å². The van der Waals surface area contributed by atoms with Gasteiger partial charge in [0.2, 0.25) is 10.0 Å². The summed E-state index contributed by atoms with van der Waals surface area (Å²) in [6, 6.07) is 2.50. The van der Waals surface area contributed by atoms with Gasteiger partial charge >= 0.3 is 6.61 Å². The summed E-state index contributed by atoms with van der Waals surface area (Å²) in [5, 5.41) is 3.13. The molecule has 0 aliphatic carbocycles. The Balaban J connectivity index is 2.29. The Morgan fingerprint density at radius 3 is 2.78 bits per heavy atom. The van der Waals surface area contributed by atoms with Gasteiger partial charge in [0.15, 0.2) is 11.6 Å². The first-order valence-corrected chi connectivity index (χ1v) is 8.77. The summed E-state index contributed by atoms with van der Waals surface area (Å²) in [6.07, 6.45) is 1.50. The first-order chi connectivity index (χ1) is 10.9. The fourth-order valence-electron chi connectivity index (χ4n) is 2.61. The zero-order valence-corrected chi connectivity index (χ0v) is 13.5. The summed E-state index contributed by atoms with van der Waals surface area (Å²) in [4.78, 5) is -0.264. The zero-order chi connectivity index (χ0) is 17.0. The highest BCUT2D eigenvalue weighted by atomic mass is 32.2. The van der Waals surface area contributed by atoms with Crippen molar-refractivity contribution in [2.75, 3.05) is 19.6 Å². The average molecular weight is 352 g/mol. The smallest absolute Gasteiger partial charge is 0.387 e. The maximum atomic E-state index is 13.8. The third-order valence-electron chi connectivity index (χ3n) is 3.64. The monoisotopic (exact) mass is 352 g/mol. The first-order valence-electron chi connectivity index (χ1n) is 7.33. The topological polar surface area (TPSA) is 58.6 Å². The highest BCUT2D eigenvalue weighted by molar-refractivity contribution is 7.89. The van der Waals surface area contributed by atoms with Crippen LogP contribution in [0.1, 0.15) is 19.8 Å². The van der Waals surface area contributed by atoms with Crippen molar-refractivity contribution in [3.05, 3.63) is 24.0 Å². The number of rotatable bonds is 6. The van der Waals surface area contributed by atoms with Crippen molar-refractivity contribution in [1.29, 1.82) is 0 Å². The van der Waals surface area contributed by atoms with E-state index in [2.05, 4.69) is 10.1 Å². The van der Waals surface area contributed by atoms with Crippen molar-refractivity contribution < 1.29 is 26.3 Å². The SMILES string of the molecule is CCC[C@@H]1CNCCN1S(=O)(=O)c1ccc(OC(F)F)c(F)c1.